The lowest BCUT2D eigenvalue weighted by Gasteiger charge is -2.19. The highest BCUT2D eigenvalue weighted by Crippen LogP contribution is 2.33. The molecule has 2 aliphatic heterocycles. The molecule has 0 aliphatic carbocycles. The van der Waals surface area contributed by atoms with E-state index in [0.717, 1.165) is 16.0 Å². The van der Waals surface area contributed by atoms with Gasteiger partial charge in [-0.15, -0.1) is 0 Å². The number of fused-ring (bicyclic) bond motifs is 1. The zero-order valence-corrected chi connectivity index (χ0v) is 16.8. The molecule has 156 valence electrons. The number of hydrogen-bond donors (Lipinski definition) is 0. The number of hydrogen-bond acceptors (Lipinski definition) is 7. The minimum atomic E-state index is -0.929. The van der Waals surface area contributed by atoms with E-state index in [1.54, 1.807) is 6.92 Å². The number of carbonyl (C=O) groups excluding carboxylic acids is 2. The number of aryl methyl sites for hydroxylation is 2. The lowest BCUT2D eigenvalue weighted by molar-refractivity contribution is -0.123. The summed E-state index contributed by atoms with van der Waals surface area (Å²) in [6, 6.07) is 11.2. The van der Waals surface area contributed by atoms with Crippen LogP contribution in [0.5, 0.6) is 0 Å². The van der Waals surface area contributed by atoms with E-state index in [4.69, 9.17) is 4.42 Å². The van der Waals surface area contributed by atoms with Gasteiger partial charge in [-0.1, -0.05) is 22.9 Å². The lowest BCUT2D eigenvalue weighted by atomic mass is 10.1. The number of amides is 2. The molecule has 3 aromatic rings. The van der Waals surface area contributed by atoms with Gasteiger partial charge in [0.2, 0.25) is 5.89 Å². The van der Waals surface area contributed by atoms with Gasteiger partial charge in [0.05, 0.1) is 12.2 Å². The van der Waals surface area contributed by atoms with Crippen LogP contribution < -0.4 is 4.90 Å². The molecule has 0 spiro atoms. The molecule has 31 heavy (non-hydrogen) atoms. The largest absolute Gasteiger partial charge is 0.441 e. The summed E-state index contributed by atoms with van der Waals surface area (Å²) < 4.78 is 19.0. The van der Waals surface area contributed by atoms with E-state index in [9.17, 15) is 14.0 Å². The van der Waals surface area contributed by atoms with Crippen LogP contribution in [0, 0.1) is 19.7 Å². The van der Waals surface area contributed by atoms with E-state index in [-0.39, 0.29) is 6.54 Å². The fraction of sp³-hybridized carbons (Fsp3) is 0.227. The van der Waals surface area contributed by atoms with Crippen LogP contribution in [-0.4, -0.2) is 33.9 Å². The summed E-state index contributed by atoms with van der Waals surface area (Å²) in [5.74, 6) is -0.310. The summed E-state index contributed by atoms with van der Waals surface area (Å²) in [7, 11) is 0. The van der Waals surface area contributed by atoms with Gasteiger partial charge in [0.1, 0.15) is 17.3 Å². The molecule has 1 aromatic heterocycles. The van der Waals surface area contributed by atoms with Crippen molar-refractivity contribution in [2.75, 3.05) is 4.90 Å². The Balaban J connectivity index is 1.39. The molecule has 9 heteroatoms. The maximum Gasteiger partial charge on any atom is 0.263 e. The van der Waals surface area contributed by atoms with Crippen molar-refractivity contribution in [3.8, 4) is 11.5 Å². The molecule has 5 rings (SSSR count). The Labute approximate surface area is 177 Å². The van der Waals surface area contributed by atoms with Crippen LogP contribution in [-0.2, 0) is 16.1 Å². The van der Waals surface area contributed by atoms with Gasteiger partial charge in [0.15, 0.2) is 12.1 Å². The lowest BCUT2D eigenvalue weighted by Crippen LogP contribution is -2.39. The van der Waals surface area contributed by atoms with Gasteiger partial charge >= 0.3 is 0 Å². The number of benzene rings is 2. The monoisotopic (exact) mass is 419 g/mol. The zero-order chi connectivity index (χ0) is 21.7. The summed E-state index contributed by atoms with van der Waals surface area (Å²) in [6.07, 6.45) is 0. The van der Waals surface area contributed by atoms with Crippen molar-refractivity contribution < 1.29 is 18.4 Å². The fourth-order valence-electron chi connectivity index (χ4n) is 3.75. The molecule has 3 heterocycles. The van der Waals surface area contributed by atoms with Crippen LogP contribution in [0.25, 0.3) is 11.5 Å². The van der Waals surface area contributed by atoms with Crippen molar-refractivity contribution in [1.82, 2.24) is 9.99 Å². The highest BCUT2D eigenvalue weighted by atomic mass is 19.1. The predicted octanol–water partition coefficient (Wildman–Crippen LogP) is 3.59. The third kappa shape index (κ3) is 3.18. The first-order valence-corrected chi connectivity index (χ1v) is 9.76. The molecular formula is C22H18FN5O3. The number of aromatic nitrogens is 1. The van der Waals surface area contributed by atoms with Gasteiger partial charge in [0, 0.05) is 5.56 Å². The standard InChI is InChI=1S/C22H18FN5O3/c1-12-3-5-14(6-4-12)20-24-17(13(2)31-20)11-27-19-18(25-26-27)21(29)28(22(19)30)16-9-7-15(23)8-10-16/h3-10,18-19H,11H2,1-2H3/t18-,19+/m1/s1. The van der Waals surface area contributed by atoms with Gasteiger partial charge in [-0.3, -0.25) is 14.6 Å². The Kier molecular flexibility index (Phi) is 4.39. The van der Waals surface area contributed by atoms with Crippen LogP contribution in [0.3, 0.4) is 0 Å². The molecule has 0 unspecified atom stereocenters. The van der Waals surface area contributed by atoms with Crippen molar-refractivity contribution in [1.29, 1.82) is 0 Å². The average molecular weight is 419 g/mol. The molecule has 0 radical (unpaired) electrons. The zero-order valence-electron chi connectivity index (χ0n) is 16.8. The van der Waals surface area contributed by atoms with Gasteiger partial charge in [-0.25, -0.2) is 14.3 Å². The number of anilines is 1. The molecule has 2 atom stereocenters. The Morgan fingerprint density at radius 3 is 2.42 bits per heavy atom. The predicted molar refractivity (Wildman–Crippen MR) is 108 cm³/mol. The van der Waals surface area contributed by atoms with Crippen molar-refractivity contribution in [2.24, 2.45) is 10.3 Å². The Hall–Kier alpha value is -3.88. The average Bonchev–Trinajstić information content (AvgIpc) is 3.40. The van der Waals surface area contributed by atoms with Gasteiger partial charge in [0.25, 0.3) is 11.8 Å². The summed E-state index contributed by atoms with van der Waals surface area (Å²) in [6.45, 7) is 3.96. The van der Waals surface area contributed by atoms with Crippen molar-refractivity contribution >= 4 is 17.5 Å². The first-order chi connectivity index (χ1) is 14.9. The number of nitrogens with zero attached hydrogens (tertiary/aromatic N) is 5. The summed E-state index contributed by atoms with van der Waals surface area (Å²) in [5, 5.41) is 9.51. The van der Waals surface area contributed by atoms with Crippen molar-refractivity contribution in [3.63, 3.8) is 0 Å². The second kappa shape index (κ2) is 7.12. The van der Waals surface area contributed by atoms with Gasteiger partial charge < -0.3 is 4.42 Å². The van der Waals surface area contributed by atoms with E-state index >= 15 is 0 Å². The smallest absolute Gasteiger partial charge is 0.263 e. The Morgan fingerprint density at radius 2 is 1.71 bits per heavy atom. The molecule has 8 nitrogen and oxygen atoms in total. The first-order valence-electron chi connectivity index (χ1n) is 9.76. The highest BCUT2D eigenvalue weighted by molar-refractivity contribution is 6.25. The van der Waals surface area contributed by atoms with Crippen molar-refractivity contribution in [3.05, 3.63) is 71.4 Å². The number of rotatable bonds is 4. The molecule has 0 bridgehead atoms. The molecule has 0 saturated carbocycles. The second-order valence-corrected chi connectivity index (χ2v) is 7.57. The van der Waals surface area contributed by atoms with E-state index in [0.29, 0.717) is 23.0 Å². The van der Waals surface area contributed by atoms with Gasteiger partial charge in [-0.2, -0.15) is 5.11 Å². The summed E-state index contributed by atoms with van der Waals surface area (Å²) >= 11 is 0. The van der Waals surface area contributed by atoms with Crippen LogP contribution >= 0.6 is 0 Å². The number of halogens is 1. The minimum Gasteiger partial charge on any atom is -0.441 e. The maximum absolute atomic E-state index is 13.2. The molecule has 2 amide bonds. The summed E-state index contributed by atoms with van der Waals surface area (Å²) in [4.78, 5) is 31.4. The van der Waals surface area contributed by atoms with E-state index in [1.165, 1.54) is 29.3 Å². The molecule has 1 fully saturated rings. The first kappa shape index (κ1) is 19.1. The third-order valence-electron chi connectivity index (χ3n) is 5.45. The quantitative estimate of drug-likeness (QED) is 0.603. The number of oxazole rings is 1. The number of carbonyl (C=O) groups is 2. The van der Waals surface area contributed by atoms with Crippen molar-refractivity contribution in [2.45, 2.75) is 32.5 Å². The minimum absolute atomic E-state index is 0.169. The number of imide groups is 1. The van der Waals surface area contributed by atoms with E-state index < -0.39 is 29.7 Å². The molecule has 1 saturated heterocycles. The Bertz CT molecular complexity index is 1200. The van der Waals surface area contributed by atoms with Crippen LogP contribution in [0.1, 0.15) is 17.0 Å². The molecule has 0 N–H and O–H groups in total. The molecule has 2 aromatic carbocycles. The molecular weight excluding hydrogens is 401 g/mol. The van der Waals surface area contributed by atoms with Crippen LogP contribution in [0.15, 0.2) is 63.3 Å². The molecule has 2 aliphatic rings. The van der Waals surface area contributed by atoms with E-state index in [2.05, 4.69) is 15.3 Å². The fourth-order valence-corrected chi connectivity index (χ4v) is 3.75. The topological polar surface area (TPSA) is 91.4 Å². The van der Waals surface area contributed by atoms with Crippen LogP contribution in [0.4, 0.5) is 10.1 Å². The highest BCUT2D eigenvalue weighted by Gasteiger charge is 2.54. The van der Waals surface area contributed by atoms with Crippen LogP contribution in [0.2, 0.25) is 0 Å². The Morgan fingerprint density at radius 1 is 1.00 bits per heavy atom. The second-order valence-electron chi connectivity index (χ2n) is 7.57. The SMILES string of the molecule is Cc1ccc(-c2nc(CN3N=N[C@H]4C(=O)N(c5ccc(F)cc5)C(=O)[C@H]43)c(C)o2)cc1. The van der Waals surface area contributed by atoms with E-state index in [1.807, 2.05) is 31.2 Å². The normalized spacial score (nSPS) is 20.1. The third-order valence-corrected chi connectivity index (χ3v) is 5.45. The summed E-state index contributed by atoms with van der Waals surface area (Å²) in [5.41, 5.74) is 2.89. The van der Waals surface area contributed by atoms with Gasteiger partial charge in [-0.05, 0) is 50.2 Å². The maximum atomic E-state index is 13.2.